The van der Waals surface area contributed by atoms with E-state index in [1.54, 1.807) is 4.57 Å². The smallest absolute Gasteiger partial charge is 0.379 e. The first kappa shape index (κ1) is 29.4. The number of hydrogen-bond donors (Lipinski definition) is 1. The zero-order chi connectivity index (χ0) is 30.5. The van der Waals surface area contributed by atoms with E-state index in [0.717, 1.165) is 54.0 Å². The Bertz CT molecular complexity index is 1830. The first-order valence-corrected chi connectivity index (χ1v) is 14.9. The van der Waals surface area contributed by atoms with Crippen molar-refractivity contribution in [2.45, 2.75) is 52.6 Å². The monoisotopic (exact) mass is 597 g/mol. The molecule has 4 heterocycles. The molecule has 44 heavy (non-hydrogen) atoms. The maximum Gasteiger partial charge on any atom is 0.439 e. The summed E-state index contributed by atoms with van der Waals surface area (Å²) in [6.45, 7) is 8.00. The number of unbranched alkanes of at least 4 members (excludes halogenated alkanes) is 1. The number of aromatic nitrogens is 6. The number of morpholine rings is 1. The quantitative estimate of drug-likeness (QED) is 0.239. The van der Waals surface area contributed by atoms with E-state index in [2.05, 4.69) is 32.1 Å². The van der Waals surface area contributed by atoms with Crippen LogP contribution in [-0.2, 0) is 30.7 Å². The van der Waals surface area contributed by atoms with Crippen LogP contribution in [0.4, 0.5) is 0 Å². The van der Waals surface area contributed by atoms with Gasteiger partial charge in [0, 0.05) is 36.3 Å². The third kappa shape index (κ3) is 6.61. The molecule has 6 rings (SSSR count). The third-order valence-corrected chi connectivity index (χ3v) is 7.84. The maximum absolute atomic E-state index is 14.0. The molecule has 0 atom stereocenters. The molecule has 0 radical (unpaired) electrons. The highest BCUT2D eigenvalue weighted by Crippen LogP contribution is 2.30. The number of aryl methyl sites for hydroxylation is 2. The zero-order valence-electron chi connectivity index (χ0n) is 24.9. The van der Waals surface area contributed by atoms with Crippen molar-refractivity contribution in [3.63, 3.8) is 0 Å². The van der Waals surface area contributed by atoms with Gasteiger partial charge in [-0.2, -0.15) is 4.98 Å². The second-order valence-electron chi connectivity index (χ2n) is 10.9. The van der Waals surface area contributed by atoms with Gasteiger partial charge in [-0.25, -0.2) is 9.78 Å². The van der Waals surface area contributed by atoms with Crippen LogP contribution in [0.5, 0.6) is 0 Å². The summed E-state index contributed by atoms with van der Waals surface area (Å²) in [6.07, 6.45) is 2.86. The van der Waals surface area contributed by atoms with Crippen molar-refractivity contribution in [2.24, 2.45) is 0 Å². The summed E-state index contributed by atoms with van der Waals surface area (Å²) < 4.78 is 17.4. The summed E-state index contributed by atoms with van der Waals surface area (Å²) in [5, 5.41) is 8.00. The molecule has 12 heteroatoms. The van der Waals surface area contributed by atoms with Crippen molar-refractivity contribution < 1.29 is 13.8 Å². The highest BCUT2D eigenvalue weighted by atomic mass is 16.5. The molecular formula is C32H35N7O5. The second kappa shape index (κ2) is 13.3. The van der Waals surface area contributed by atoms with Crippen molar-refractivity contribution in [1.29, 1.82) is 0 Å². The Balaban J connectivity index is 1.25. The average molecular weight is 598 g/mol. The molecule has 12 nitrogen and oxygen atoms in total. The molecule has 228 valence electrons. The molecule has 0 saturated carbocycles. The first-order valence-electron chi connectivity index (χ1n) is 14.9. The number of H-pyrrole nitrogens is 1. The summed E-state index contributed by atoms with van der Waals surface area (Å²) in [4.78, 5) is 39.8. The molecule has 0 unspecified atom stereocenters. The van der Waals surface area contributed by atoms with E-state index in [4.69, 9.17) is 18.8 Å². The molecular weight excluding hydrogens is 562 g/mol. The van der Waals surface area contributed by atoms with Gasteiger partial charge in [0.2, 0.25) is 5.89 Å². The summed E-state index contributed by atoms with van der Waals surface area (Å²) in [7, 11) is 0. The van der Waals surface area contributed by atoms with Crippen LogP contribution in [0, 0.1) is 6.92 Å². The van der Waals surface area contributed by atoms with Gasteiger partial charge in [-0.3, -0.25) is 23.8 Å². The minimum absolute atomic E-state index is 0.0964. The van der Waals surface area contributed by atoms with E-state index in [-0.39, 0.29) is 12.0 Å². The first-order chi connectivity index (χ1) is 21.5. The normalized spacial score (nSPS) is 13.9. The highest BCUT2D eigenvalue weighted by molar-refractivity contribution is 5.80. The molecule has 1 aliphatic rings. The fourth-order valence-corrected chi connectivity index (χ4v) is 5.44. The molecule has 1 saturated heterocycles. The van der Waals surface area contributed by atoms with E-state index in [9.17, 15) is 9.59 Å². The Labute approximate surface area is 253 Å². The lowest BCUT2D eigenvalue weighted by molar-refractivity contribution is 0.0327. The lowest BCUT2D eigenvalue weighted by Gasteiger charge is -2.24. The molecule has 0 spiro atoms. The number of rotatable bonds is 11. The molecule has 0 bridgehead atoms. The Kier molecular flexibility index (Phi) is 8.89. The predicted octanol–water partition coefficient (Wildman–Crippen LogP) is 3.76. The van der Waals surface area contributed by atoms with E-state index in [1.807, 2.05) is 55.5 Å². The minimum Gasteiger partial charge on any atom is -0.379 e. The van der Waals surface area contributed by atoms with E-state index >= 15 is 0 Å². The van der Waals surface area contributed by atoms with Crippen LogP contribution in [0.25, 0.3) is 22.5 Å². The fourth-order valence-electron chi connectivity index (χ4n) is 5.44. The molecule has 5 aromatic rings. The topological polar surface area (TPSA) is 145 Å². The largest absolute Gasteiger partial charge is 0.439 e. The molecule has 1 N–H and O–H groups in total. The summed E-state index contributed by atoms with van der Waals surface area (Å²) >= 11 is 0. The van der Waals surface area contributed by atoms with Gasteiger partial charge in [0.15, 0.2) is 11.6 Å². The third-order valence-electron chi connectivity index (χ3n) is 7.84. The standard InChI is InChI=1S/C32H35N7O5/c1-3-4-9-28-33-21(2)26(18-29-34-27(36-43-29)20-38-14-16-42-17-15-38)31(40)39(28)19-22-10-12-23(13-11-22)24-7-5-6-8-25(24)30-35-32(41)44-37-30/h5-8,10-13H,3-4,9,14-20H2,1-2H3,(H,35,37,41). The summed E-state index contributed by atoms with van der Waals surface area (Å²) in [5.74, 6) is 1.53. The van der Waals surface area contributed by atoms with Gasteiger partial charge in [0.1, 0.15) is 5.82 Å². The molecule has 1 fully saturated rings. The lowest BCUT2D eigenvalue weighted by Crippen LogP contribution is -2.35. The van der Waals surface area contributed by atoms with Crippen molar-refractivity contribution >= 4 is 0 Å². The van der Waals surface area contributed by atoms with Crippen LogP contribution in [-0.4, -0.2) is 61.0 Å². The molecule has 2 aromatic carbocycles. The maximum atomic E-state index is 14.0. The SMILES string of the molecule is CCCCc1nc(C)c(Cc2nc(CN3CCOCC3)no2)c(=O)n1Cc1ccc(-c2ccccc2-c2noc(=O)[nH]2)cc1. The van der Waals surface area contributed by atoms with Crippen LogP contribution >= 0.6 is 0 Å². The van der Waals surface area contributed by atoms with Crippen LogP contribution < -0.4 is 11.3 Å². The minimum atomic E-state index is -0.604. The number of aromatic amines is 1. The second-order valence-corrected chi connectivity index (χ2v) is 10.9. The lowest BCUT2D eigenvalue weighted by atomic mass is 9.98. The number of ether oxygens (including phenoxy) is 1. The van der Waals surface area contributed by atoms with Gasteiger partial charge < -0.3 is 9.26 Å². The van der Waals surface area contributed by atoms with Crippen molar-refractivity contribution in [1.82, 2.24) is 34.7 Å². The predicted molar refractivity (Wildman–Crippen MR) is 162 cm³/mol. The average Bonchev–Trinajstić information content (AvgIpc) is 3.69. The molecule has 0 aliphatic carbocycles. The Morgan fingerprint density at radius 1 is 0.909 bits per heavy atom. The van der Waals surface area contributed by atoms with Gasteiger partial charge in [-0.1, -0.05) is 72.2 Å². The van der Waals surface area contributed by atoms with Crippen molar-refractivity contribution in [3.05, 3.63) is 104 Å². The van der Waals surface area contributed by atoms with E-state index < -0.39 is 5.76 Å². The summed E-state index contributed by atoms with van der Waals surface area (Å²) in [5.41, 5.74) is 4.70. The van der Waals surface area contributed by atoms with Gasteiger partial charge in [0.25, 0.3) is 5.56 Å². The molecule has 3 aromatic heterocycles. The van der Waals surface area contributed by atoms with Gasteiger partial charge in [-0.15, -0.1) is 0 Å². The summed E-state index contributed by atoms with van der Waals surface area (Å²) in [6, 6.07) is 15.7. The Morgan fingerprint density at radius 3 is 2.41 bits per heavy atom. The van der Waals surface area contributed by atoms with Gasteiger partial charge >= 0.3 is 5.76 Å². The zero-order valence-corrected chi connectivity index (χ0v) is 24.9. The number of nitrogens with one attached hydrogen (secondary N) is 1. The molecule has 0 amide bonds. The van der Waals surface area contributed by atoms with Crippen LogP contribution in [0.1, 0.15) is 54.1 Å². The highest BCUT2D eigenvalue weighted by Gasteiger charge is 2.20. The van der Waals surface area contributed by atoms with Crippen LogP contribution in [0.2, 0.25) is 0 Å². The van der Waals surface area contributed by atoms with E-state index in [1.165, 1.54) is 0 Å². The van der Waals surface area contributed by atoms with Crippen LogP contribution in [0.15, 0.2) is 67.2 Å². The van der Waals surface area contributed by atoms with Crippen LogP contribution in [0.3, 0.4) is 0 Å². The van der Waals surface area contributed by atoms with Crippen molar-refractivity contribution in [2.75, 3.05) is 26.3 Å². The van der Waals surface area contributed by atoms with Gasteiger partial charge in [-0.05, 0) is 30.0 Å². The molecule has 1 aliphatic heterocycles. The van der Waals surface area contributed by atoms with Crippen molar-refractivity contribution in [3.8, 4) is 22.5 Å². The Hall–Kier alpha value is -4.68. The van der Waals surface area contributed by atoms with E-state index in [0.29, 0.717) is 61.5 Å². The van der Waals surface area contributed by atoms with Gasteiger partial charge in [0.05, 0.1) is 32.7 Å². The fraction of sp³-hybridized carbons (Fsp3) is 0.375. The Morgan fingerprint density at radius 2 is 1.68 bits per heavy atom. The number of hydrogen-bond acceptors (Lipinski definition) is 10. The number of benzene rings is 2. The number of nitrogens with zero attached hydrogens (tertiary/aromatic N) is 6.